The SMILES string of the molecule is CC1(C)C=CC(=O)[C@@H]([C@H]2CC(C)(C)C=CC2=O)C1.CC1(C)C=CC(=O)[C@@H]([C@H]2CC(C)(C)C=CC2=O)C1.CC1(C)C=CC(=O)[C@H]([C@@H]2CC(C)(C)C=CC2=O)C1.CC1(C)C=CC(=O)[C@H]([C@@H]2CC(C)(C)C=CC2=O)C1. The summed E-state index contributed by atoms with van der Waals surface area (Å²) >= 11 is 0. The van der Waals surface area contributed by atoms with Crippen molar-refractivity contribution in [3.8, 4) is 0 Å². The van der Waals surface area contributed by atoms with Crippen molar-refractivity contribution in [2.24, 2.45) is 90.7 Å². The van der Waals surface area contributed by atoms with Gasteiger partial charge in [0.1, 0.15) is 0 Å². The molecular weight excluding hydrogens is 897 g/mol. The van der Waals surface area contributed by atoms with Gasteiger partial charge in [-0.2, -0.15) is 0 Å². The maximum atomic E-state index is 12.1. The van der Waals surface area contributed by atoms with Gasteiger partial charge in [-0.3, -0.25) is 38.4 Å². The van der Waals surface area contributed by atoms with E-state index >= 15 is 0 Å². The van der Waals surface area contributed by atoms with Crippen LogP contribution in [-0.2, 0) is 38.4 Å². The minimum atomic E-state index is -0.137. The normalized spacial score (nSPS) is 33.8. The van der Waals surface area contributed by atoms with Crippen LogP contribution in [0.5, 0.6) is 0 Å². The lowest BCUT2D eigenvalue weighted by atomic mass is 9.65. The van der Waals surface area contributed by atoms with Crippen LogP contribution in [0.15, 0.2) is 97.2 Å². The molecule has 0 radical (unpaired) electrons. The average molecular weight is 985 g/mol. The molecule has 0 fully saturated rings. The van der Waals surface area contributed by atoms with E-state index in [9.17, 15) is 38.4 Å². The molecule has 72 heavy (non-hydrogen) atoms. The standard InChI is InChI=1S/4C16H22O2/c4*1-15(2)7-5-13(17)11(9-15)12-10-16(3,4)8-6-14(12)18/h4*5-8,11-12H,9-10H2,1-4H3/t4*11-,12-/m1100/s1. The predicted octanol–water partition coefficient (Wildman–Crippen LogP) is 13.3. The van der Waals surface area contributed by atoms with E-state index in [-0.39, 0.29) is 137 Å². The third-order valence-corrected chi connectivity index (χ3v) is 16.4. The van der Waals surface area contributed by atoms with Crippen LogP contribution in [0.4, 0.5) is 0 Å². The Bertz CT molecular complexity index is 1920. The van der Waals surface area contributed by atoms with Gasteiger partial charge in [0, 0.05) is 47.3 Å². The number of carbonyl (C=O) groups is 8. The maximum absolute atomic E-state index is 12.1. The molecule has 0 aromatic heterocycles. The van der Waals surface area contributed by atoms with Gasteiger partial charge >= 0.3 is 0 Å². The highest BCUT2D eigenvalue weighted by Gasteiger charge is 2.45. The maximum Gasteiger partial charge on any atom is 0.159 e. The quantitative estimate of drug-likeness (QED) is 0.272. The fraction of sp³-hybridized carbons (Fsp3) is 0.625. The number of hydrogen-bond acceptors (Lipinski definition) is 8. The van der Waals surface area contributed by atoms with E-state index in [4.69, 9.17) is 0 Å². The second kappa shape index (κ2) is 21.3. The summed E-state index contributed by atoms with van der Waals surface area (Å²) in [7, 11) is 0. The van der Waals surface area contributed by atoms with E-state index in [1.54, 1.807) is 48.6 Å². The van der Waals surface area contributed by atoms with Gasteiger partial charge in [0.2, 0.25) is 0 Å². The Hall–Kier alpha value is -4.72. The second-order valence-corrected chi connectivity index (χ2v) is 28.3. The first-order valence-electron chi connectivity index (χ1n) is 26.7. The van der Waals surface area contributed by atoms with Gasteiger partial charge in [-0.1, -0.05) is 159 Å². The molecule has 8 atom stereocenters. The molecule has 0 saturated carbocycles. The second-order valence-electron chi connectivity index (χ2n) is 28.3. The average Bonchev–Trinajstić information content (AvgIpc) is 3.26. The molecule has 0 N–H and O–H groups in total. The fourth-order valence-corrected chi connectivity index (χ4v) is 12.1. The highest BCUT2D eigenvalue weighted by molar-refractivity contribution is 6.03. The van der Waals surface area contributed by atoms with Crippen molar-refractivity contribution in [3.63, 3.8) is 0 Å². The van der Waals surface area contributed by atoms with Crippen LogP contribution >= 0.6 is 0 Å². The van der Waals surface area contributed by atoms with Crippen molar-refractivity contribution in [3.05, 3.63) is 97.2 Å². The molecular formula is C64H88O8. The Morgan fingerprint density at radius 1 is 0.208 bits per heavy atom. The monoisotopic (exact) mass is 985 g/mol. The molecule has 392 valence electrons. The van der Waals surface area contributed by atoms with E-state index in [0.717, 1.165) is 51.4 Å². The first kappa shape index (κ1) is 58.2. The van der Waals surface area contributed by atoms with Crippen LogP contribution in [-0.4, -0.2) is 46.3 Å². The molecule has 0 spiro atoms. The van der Waals surface area contributed by atoms with Gasteiger partial charge in [-0.25, -0.2) is 0 Å². The highest BCUT2D eigenvalue weighted by Crippen LogP contribution is 2.46. The van der Waals surface area contributed by atoms with Crippen LogP contribution in [0, 0.1) is 90.7 Å². The summed E-state index contributed by atoms with van der Waals surface area (Å²) in [6.07, 6.45) is 35.4. The summed E-state index contributed by atoms with van der Waals surface area (Å²) in [6, 6.07) is 0. The Morgan fingerprint density at radius 3 is 0.375 bits per heavy atom. The Balaban J connectivity index is 0.000000178. The summed E-state index contributed by atoms with van der Waals surface area (Å²) in [4.78, 5) is 96.6. The summed E-state index contributed by atoms with van der Waals surface area (Å²) in [5, 5.41) is 0. The number of ketones is 8. The summed E-state index contributed by atoms with van der Waals surface area (Å²) < 4.78 is 0. The molecule has 8 aliphatic rings. The largest absolute Gasteiger partial charge is 0.295 e. The van der Waals surface area contributed by atoms with Crippen LogP contribution in [0.3, 0.4) is 0 Å². The minimum Gasteiger partial charge on any atom is -0.295 e. The molecule has 8 heteroatoms. The summed E-state index contributed by atoms with van der Waals surface area (Å²) in [5.74, 6) is -0.107. The topological polar surface area (TPSA) is 137 Å². The first-order chi connectivity index (χ1) is 32.8. The molecule has 8 nitrogen and oxygen atoms in total. The molecule has 0 heterocycles. The predicted molar refractivity (Wildman–Crippen MR) is 288 cm³/mol. The Labute approximate surface area is 432 Å². The lowest BCUT2D eigenvalue weighted by Gasteiger charge is -2.38. The number of hydrogen-bond donors (Lipinski definition) is 0. The lowest BCUT2D eigenvalue weighted by molar-refractivity contribution is -0.130. The molecule has 0 amide bonds. The van der Waals surface area contributed by atoms with Crippen LogP contribution in [0.25, 0.3) is 0 Å². The van der Waals surface area contributed by atoms with E-state index in [0.29, 0.717) is 0 Å². The molecule has 0 bridgehead atoms. The molecule has 0 aromatic carbocycles. The smallest absolute Gasteiger partial charge is 0.159 e. The highest BCUT2D eigenvalue weighted by atomic mass is 16.2. The van der Waals surface area contributed by atoms with Crippen molar-refractivity contribution in [2.75, 3.05) is 0 Å². The lowest BCUT2D eigenvalue weighted by Crippen LogP contribution is -2.38. The molecule has 0 aliphatic heterocycles. The number of rotatable bonds is 4. The van der Waals surface area contributed by atoms with Crippen LogP contribution in [0.1, 0.15) is 162 Å². The van der Waals surface area contributed by atoms with Gasteiger partial charge in [-0.15, -0.1) is 0 Å². The van der Waals surface area contributed by atoms with Crippen LogP contribution in [0.2, 0.25) is 0 Å². The van der Waals surface area contributed by atoms with Gasteiger partial charge in [0.15, 0.2) is 46.3 Å². The number of carbonyl (C=O) groups excluding carboxylic acids is 8. The van der Waals surface area contributed by atoms with Gasteiger partial charge < -0.3 is 0 Å². The third-order valence-electron chi connectivity index (χ3n) is 16.4. The molecule has 8 rings (SSSR count). The minimum absolute atomic E-state index is 0.0180. The number of allylic oxidation sites excluding steroid dienone is 16. The van der Waals surface area contributed by atoms with Crippen LogP contribution < -0.4 is 0 Å². The van der Waals surface area contributed by atoms with Crippen molar-refractivity contribution < 1.29 is 38.4 Å². The zero-order chi connectivity index (χ0) is 54.2. The van der Waals surface area contributed by atoms with Crippen molar-refractivity contribution in [1.29, 1.82) is 0 Å². The van der Waals surface area contributed by atoms with Gasteiger partial charge in [-0.05, 0) is 143 Å². The molecule has 8 aliphatic carbocycles. The summed E-state index contributed by atoms with van der Waals surface area (Å²) in [6.45, 7) is 34.0. The van der Waals surface area contributed by atoms with Crippen molar-refractivity contribution in [1.82, 2.24) is 0 Å². The van der Waals surface area contributed by atoms with E-state index < -0.39 is 0 Å². The van der Waals surface area contributed by atoms with Gasteiger partial charge in [0.25, 0.3) is 0 Å². The van der Waals surface area contributed by atoms with Crippen molar-refractivity contribution in [2.45, 2.75) is 162 Å². The van der Waals surface area contributed by atoms with E-state index in [1.807, 2.05) is 48.6 Å². The Kier molecular flexibility index (Phi) is 17.2. The van der Waals surface area contributed by atoms with E-state index in [2.05, 4.69) is 111 Å². The Morgan fingerprint density at radius 2 is 0.292 bits per heavy atom. The third kappa shape index (κ3) is 15.7. The zero-order valence-corrected chi connectivity index (χ0v) is 46.8. The first-order valence-corrected chi connectivity index (χ1v) is 26.7. The molecule has 0 saturated heterocycles. The van der Waals surface area contributed by atoms with E-state index in [1.165, 1.54) is 0 Å². The fourth-order valence-electron chi connectivity index (χ4n) is 12.1. The van der Waals surface area contributed by atoms with Crippen molar-refractivity contribution >= 4 is 46.3 Å². The summed E-state index contributed by atoms with van der Waals surface area (Å²) in [5.41, 5.74) is 0.144. The molecule has 0 aromatic rings. The zero-order valence-electron chi connectivity index (χ0n) is 46.8. The molecule has 0 unspecified atom stereocenters. The van der Waals surface area contributed by atoms with Gasteiger partial charge in [0.05, 0.1) is 0 Å².